The molecular formula is C19H13N5O3. The lowest BCUT2D eigenvalue weighted by molar-refractivity contribution is -0.385. The number of anilines is 1. The quantitative estimate of drug-likeness (QED) is 0.443. The van der Waals surface area contributed by atoms with Crippen molar-refractivity contribution in [2.24, 2.45) is 0 Å². The summed E-state index contributed by atoms with van der Waals surface area (Å²) in [5.74, 6) is -0.558. The van der Waals surface area contributed by atoms with Crippen molar-refractivity contribution in [1.29, 1.82) is 0 Å². The summed E-state index contributed by atoms with van der Waals surface area (Å²) >= 11 is 0. The highest BCUT2D eigenvalue weighted by molar-refractivity contribution is 6.07. The summed E-state index contributed by atoms with van der Waals surface area (Å²) in [4.78, 5) is 24.5. The SMILES string of the molecule is O=C(Nc1ccc2nn(-c3ccccc3)nc2c1)c1ccccc1[N+](=O)[O-]. The number of hydrogen-bond donors (Lipinski definition) is 1. The molecule has 4 rings (SSSR count). The van der Waals surface area contributed by atoms with E-state index in [1.165, 1.54) is 23.0 Å². The zero-order valence-electron chi connectivity index (χ0n) is 13.9. The number of nitrogens with one attached hydrogen (secondary N) is 1. The molecular weight excluding hydrogens is 346 g/mol. The standard InChI is InChI=1S/C19H13N5O3/c25-19(15-8-4-5-9-18(15)24(26)27)20-13-10-11-16-17(12-13)22-23(21-16)14-6-2-1-3-7-14/h1-12H,(H,20,25). The molecule has 1 N–H and O–H groups in total. The number of rotatable bonds is 4. The largest absolute Gasteiger partial charge is 0.322 e. The highest BCUT2D eigenvalue weighted by Gasteiger charge is 2.19. The molecule has 8 nitrogen and oxygen atoms in total. The molecule has 3 aromatic carbocycles. The minimum atomic E-state index is -0.580. The van der Waals surface area contributed by atoms with Crippen molar-refractivity contribution in [1.82, 2.24) is 15.0 Å². The highest BCUT2D eigenvalue weighted by Crippen LogP contribution is 2.21. The van der Waals surface area contributed by atoms with Gasteiger partial charge in [0.1, 0.15) is 16.6 Å². The van der Waals surface area contributed by atoms with Gasteiger partial charge >= 0.3 is 0 Å². The van der Waals surface area contributed by atoms with Crippen LogP contribution in [0.15, 0.2) is 72.8 Å². The van der Waals surface area contributed by atoms with E-state index in [1.54, 1.807) is 24.3 Å². The molecule has 0 atom stereocenters. The number of fused-ring (bicyclic) bond motifs is 1. The van der Waals surface area contributed by atoms with E-state index >= 15 is 0 Å². The molecule has 1 amide bonds. The maximum Gasteiger partial charge on any atom is 0.282 e. The average molecular weight is 359 g/mol. The van der Waals surface area contributed by atoms with Crippen molar-refractivity contribution >= 4 is 28.3 Å². The van der Waals surface area contributed by atoms with Crippen molar-refractivity contribution in [3.05, 3.63) is 88.5 Å². The van der Waals surface area contributed by atoms with Gasteiger partial charge in [0.15, 0.2) is 0 Å². The molecule has 0 aliphatic heterocycles. The molecule has 0 saturated heterocycles. The van der Waals surface area contributed by atoms with E-state index in [9.17, 15) is 14.9 Å². The summed E-state index contributed by atoms with van der Waals surface area (Å²) in [5.41, 5.74) is 2.31. The van der Waals surface area contributed by atoms with Crippen LogP contribution in [0.25, 0.3) is 16.7 Å². The van der Waals surface area contributed by atoms with E-state index < -0.39 is 10.8 Å². The minimum Gasteiger partial charge on any atom is -0.322 e. The maximum absolute atomic E-state index is 12.4. The van der Waals surface area contributed by atoms with Crippen LogP contribution < -0.4 is 5.32 Å². The molecule has 8 heteroatoms. The fraction of sp³-hybridized carbons (Fsp3) is 0. The predicted molar refractivity (Wildman–Crippen MR) is 99.9 cm³/mol. The number of para-hydroxylation sites is 2. The number of nitro groups is 1. The Morgan fingerprint density at radius 1 is 0.926 bits per heavy atom. The molecule has 0 spiro atoms. The van der Waals surface area contributed by atoms with Crippen LogP contribution >= 0.6 is 0 Å². The molecule has 0 saturated carbocycles. The minimum absolute atomic E-state index is 0.00413. The molecule has 1 aromatic heterocycles. The third kappa shape index (κ3) is 3.23. The third-order valence-electron chi connectivity index (χ3n) is 3.97. The number of nitrogens with zero attached hydrogens (tertiary/aromatic N) is 4. The van der Waals surface area contributed by atoms with Gasteiger partial charge in [-0.15, -0.1) is 10.2 Å². The second-order valence-electron chi connectivity index (χ2n) is 5.76. The lowest BCUT2D eigenvalue weighted by atomic mass is 10.1. The third-order valence-corrected chi connectivity index (χ3v) is 3.97. The molecule has 4 aromatic rings. The summed E-state index contributed by atoms with van der Waals surface area (Å²) < 4.78 is 0. The van der Waals surface area contributed by atoms with Crippen LogP contribution in [0.4, 0.5) is 11.4 Å². The van der Waals surface area contributed by atoms with Crippen LogP contribution in [0, 0.1) is 10.1 Å². The Morgan fingerprint density at radius 2 is 1.63 bits per heavy atom. The lowest BCUT2D eigenvalue weighted by Crippen LogP contribution is -2.13. The number of carbonyl (C=O) groups excluding carboxylic acids is 1. The lowest BCUT2D eigenvalue weighted by Gasteiger charge is -2.05. The Bertz CT molecular complexity index is 1150. The first kappa shape index (κ1) is 16.4. The zero-order valence-corrected chi connectivity index (χ0v) is 13.9. The van der Waals surface area contributed by atoms with Gasteiger partial charge in [0.05, 0.1) is 10.6 Å². The Morgan fingerprint density at radius 3 is 2.41 bits per heavy atom. The van der Waals surface area contributed by atoms with E-state index in [4.69, 9.17) is 0 Å². The molecule has 0 bridgehead atoms. The van der Waals surface area contributed by atoms with Gasteiger partial charge in [0, 0.05) is 11.8 Å². The summed E-state index contributed by atoms with van der Waals surface area (Å²) in [7, 11) is 0. The second kappa shape index (κ2) is 6.68. The Balaban J connectivity index is 1.63. The van der Waals surface area contributed by atoms with E-state index in [-0.39, 0.29) is 11.3 Å². The molecule has 132 valence electrons. The number of benzene rings is 3. The summed E-state index contributed by atoms with van der Waals surface area (Å²) in [6.45, 7) is 0. The van der Waals surface area contributed by atoms with Gasteiger partial charge in [0.25, 0.3) is 11.6 Å². The van der Waals surface area contributed by atoms with Crippen LogP contribution in [0.3, 0.4) is 0 Å². The van der Waals surface area contributed by atoms with Crippen molar-refractivity contribution < 1.29 is 9.72 Å². The van der Waals surface area contributed by atoms with Gasteiger partial charge in [-0.2, -0.15) is 4.80 Å². The molecule has 1 heterocycles. The molecule has 27 heavy (non-hydrogen) atoms. The Hall–Kier alpha value is -4.07. The Labute approximate surface area is 153 Å². The van der Waals surface area contributed by atoms with E-state index in [1.807, 2.05) is 30.3 Å². The first-order chi connectivity index (χ1) is 13.1. The van der Waals surface area contributed by atoms with Crippen LogP contribution in [0.2, 0.25) is 0 Å². The normalized spacial score (nSPS) is 10.7. The number of nitro benzene ring substituents is 1. The average Bonchev–Trinajstić information content (AvgIpc) is 3.12. The second-order valence-corrected chi connectivity index (χ2v) is 5.76. The summed E-state index contributed by atoms with van der Waals surface area (Å²) in [6, 6.07) is 20.4. The molecule has 0 aliphatic carbocycles. The van der Waals surface area contributed by atoms with Gasteiger partial charge in [-0.25, -0.2) is 0 Å². The topological polar surface area (TPSA) is 103 Å². The fourth-order valence-corrected chi connectivity index (χ4v) is 2.69. The first-order valence-corrected chi connectivity index (χ1v) is 8.09. The van der Waals surface area contributed by atoms with Gasteiger partial charge in [-0.05, 0) is 36.4 Å². The smallest absolute Gasteiger partial charge is 0.282 e. The van der Waals surface area contributed by atoms with Gasteiger partial charge in [-0.3, -0.25) is 14.9 Å². The van der Waals surface area contributed by atoms with E-state index in [2.05, 4.69) is 15.5 Å². The fourth-order valence-electron chi connectivity index (χ4n) is 2.69. The maximum atomic E-state index is 12.4. The predicted octanol–water partition coefficient (Wildman–Crippen LogP) is 3.58. The Kier molecular flexibility index (Phi) is 4.06. The number of aromatic nitrogens is 3. The summed E-state index contributed by atoms with van der Waals surface area (Å²) in [5, 5.41) is 22.6. The van der Waals surface area contributed by atoms with Crippen LogP contribution in [-0.2, 0) is 0 Å². The van der Waals surface area contributed by atoms with Crippen molar-refractivity contribution in [3.8, 4) is 5.69 Å². The van der Waals surface area contributed by atoms with E-state index in [0.29, 0.717) is 16.7 Å². The zero-order chi connectivity index (χ0) is 18.8. The van der Waals surface area contributed by atoms with Crippen molar-refractivity contribution in [2.45, 2.75) is 0 Å². The highest BCUT2D eigenvalue weighted by atomic mass is 16.6. The van der Waals surface area contributed by atoms with Gasteiger partial charge in [0.2, 0.25) is 0 Å². The van der Waals surface area contributed by atoms with Crippen LogP contribution in [0.1, 0.15) is 10.4 Å². The van der Waals surface area contributed by atoms with Gasteiger partial charge in [-0.1, -0.05) is 30.3 Å². The van der Waals surface area contributed by atoms with Crippen molar-refractivity contribution in [2.75, 3.05) is 5.32 Å². The number of amides is 1. The monoisotopic (exact) mass is 359 g/mol. The van der Waals surface area contributed by atoms with Crippen LogP contribution in [0.5, 0.6) is 0 Å². The number of hydrogen-bond acceptors (Lipinski definition) is 5. The molecule has 0 radical (unpaired) electrons. The van der Waals surface area contributed by atoms with E-state index in [0.717, 1.165) is 5.69 Å². The van der Waals surface area contributed by atoms with Gasteiger partial charge < -0.3 is 5.32 Å². The molecule has 0 fully saturated rings. The van der Waals surface area contributed by atoms with Crippen LogP contribution in [-0.4, -0.2) is 25.8 Å². The number of carbonyl (C=O) groups is 1. The molecule has 0 aliphatic rings. The van der Waals surface area contributed by atoms with Crippen molar-refractivity contribution in [3.63, 3.8) is 0 Å². The summed E-state index contributed by atoms with van der Waals surface area (Å²) in [6.07, 6.45) is 0. The molecule has 0 unspecified atom stereocenters. The first-order valence-electron chi connectivity index (χ1n) is 8.09.